The molecule has 0 unspecified atom stereocenters. The summed E-state index contributed by atoms with van der Waals surface area (Å²) >= 11 is 6.12. The molecule has 114 valence electrons. The Morgan fingerprint density at radius 1 is 1.33 bits per heavy atom. The summed E-state index contributed by atoms with van der Waals surface area (Å²) in [6.07, 6.45) is 2.85. The lowest BCUT2D eigenvalue weighted by molar-refractivity contribution is 0.607. The van der Waals surface area contributed by atoms with Gasteiger partial charge in [0.05, 0.1) is 34.9 Å². The van der Waals surface area contributed by atoms with Crippen LogP contribution in [0.25, 0.3) is 0 Å². The lowest BCUT2D eigenvalue weighted by atomic mass is 10.2. The van der Waals surface area contributed by atoms with Crippen LogP contribution in [0.2, 0.25) is 5.02 Å². The Kier molecular flexibility index (Phi) is 4.74. The van der Waals surface area contributed by atoms with Gasteiger partial charge in [0.2, 0.25) is 10.0 Å². The molecule has 2 rings (SSSR count). The summed E-state index contributed by atoms with van der Waals surface area (Å²) < 4.78 is 26.8. The zero-order valence-corrected chi connectivity index (χ0v) is 13.4. The number of nitrogens with zero attached hydrogens (tertiary/aromatic N) is 2. The van der Waals surface area contributed by atoms with E-state index in [2.05, 4.69) is 15.1 Å². The van der Waals surface area contributed by atoms with Crippen LogP contribution in [0.3, 0.4) is 0 Å². The summed E-state index contributed by atoms with van der Waals surface area (Å²) in [5, 5.41) is 7.90. The molecule has 0 radical (unpaired) electrons. The van der Waals surface area contributed by atoms with Gasteiger partial charge in [0.1, 0.15) is 0 Å². The number of benzene rings is 1. The van der Waals surface area contributed by atoms with Gasteiger partial charge in [0, 0.05) is 12.7 Å². The lowest BCUT2D eigenvalue weighted by Crippen LogP contribution is -2.11. The van der Waals surface area contributed by atoms with Crippen molar-refractivity contribution in [2.45, 2.75) is 20.0 Å². The Morgan fingerprint density at radius 2 is 2.10 bits per heavy atom. The lowest BCUT2D eigenvalue weighted by Gasteiger charge is -2.12. The first-order valence-corrected chi connectivity index (χ1v) is 8.68. The van der Waals surface area contributed by atoms with Crippen molar-refractivity contribution < 1.29 is 8.42 Å². The van der Waals surface area contributed by atoms with E-state index in [9.17, 15) is 8.42 Å². The minimum atomic E-state index is -3.31. The smallest absolute Gasteiger partial charge is 0.229 e. The largest absolute Gasteiger partial charge is 0.378 e. The summed E-state index contributed by atoms with van der Waals surface area (Å²) in [6.45, 7) is 3.35. The number of anilines is 2. The fourth-order valence-electron chi connectivity index (χ4n) is 1.92. The Hall–Kier alpha value is -1.73. The Balaban J connectivity index is 2.14. The number of rotatable bonds is 6. The highest BCUT2D eigenvalue weighted by Crippen LogP contribution is 2.26. The molecule has 0 spiro atoms. The number of halogens is 1. The van der Waals surface area contributed by atoms with E-state index in [1.165, 1.54) is 0 Å². The summed E-state index contributed by atoms with van der Waals surface area (Å²) in [4.78, 5) is 0. The number of nitrogens with one attached hydrogen (secondary N) is 2. The number of aryl methyl sites for hydroxylation is 1. The van der Waals surface area contributed by atoms with Crippen molar-refractivity contribution in [3.63, 3.8) is 0 Å². The van der Waals surface area contributed by atoms with Crippen LogP contribution >= 0.6 is 11.6 Å². The van der Waals surface area contributed by atoms with E-state index in [0.717, 1.165) is 18.5 Å². The first-order valence-electron chi connectivity index (χ1n) is 6.41. The highest BCUT2D eigenvalue weighted by atomic mass is 35.5. The van der Waals surface area contributed by atoms with Crippen molar-refractivity contribution in [2.24, 2.45) is 0 Å². The normalized spacial score (nSPS) is 11.4. The van der Waals surface area contributed by atoms with E-state index < -0.39 is 10.0 Å². The molecule has 0 aliphatic rings. The topological polar surface area (TPSA) is 76.0 Å². The van der Waals surface area contributed by atoms with Gasteiger partial charge in [-0.25, -0.2) is 8.42 Å². The molecule has 0 saturated heterocycles. The molecule has 0 amide bonds. The molecule has 2 aromatic rings. The monoisotopic (exact) mass is 328 g/mol. The molecule has 1 heterocycles. The Labute approximate surface area is 129 Å². The third kappa shape index (κ3) is 4.37. The van der Waals surface area contributed by atoms with Crippen molar-refractivity contribution >= 4 is 33.0 Å². The fraction of sp³-hybridized carbons (Fsp3) is 0.308. The van der Waals surface area contributed by atoms with Gasteiger partial charge in [0.25, 0.3) is 0 Å². The molecule has 0 aliphatic carbocycles. The molecular weight excluding hydrogens is 312 g/mol. The SMILES string of the molecule is CCn1nccc1CNc1cc(NS(C)(=O)=O)ccc1Cl. The van der Waals surface area contributed by atoms with Crippen LogP contribution < -0.4 is 10.0 Å². The van der Waals surface area contributed by atoms with E-state index in [0.29, 0.717) is 22.9 Å². The predicted molar refractivity (Wildman–Crippen MR) is 85.1 cm³/mol. The maximum Gasteiger partial charge on any atom is 0.229 e. The Morgan fingerprint density at radius 3 is 2.76 bits per heavy atom. The molecule has 8 heteroatoms. The summed E-state index contributed by atoms with van der Waals surface area (Å²) in [5.41, 5.74) is 2.15. The number of hydrogen-bond donors (Lipinski definition) is 2. The zero-order chi connectivity index (χ0) is 15.5. The average molecular weight is 329 g/mol. The standard InChI is InChI=1S/C13H17ClN4O2S/c1-3-18-11(6-7-16-18)9-15-13-8-10(4-5-12(13)14)17-21(2,19)20/h4-8,15,17H,3,9H2,1-2H3. The molecule has 0 aliphatic heterocycles. The van der Waals surface area contributed by atoms with Gasteiger partial charge in [-0.1, -0.05) is 11.6 Å². The second kappa shape index (κ2) is 6.36. The third-order valence-electron chi connectivity index (χ3n) is 2.83. The van der Waals surface area contributed by atoms with Crippen molar-refractivity contribution in [3.05, 3.63) is 41.2 Å². The van der Waals surface area contributed by atoms with Crippen molar-refractivity contribution in [2.75, 3.05) is 16.3 Å². The summed E-state index contributed by atoms with van der Waals surface area (Å²) in [7, 11) is -3.31. The highest BCUT2D eigenvalue weighted by molar-refractivity contribution is 7.92. The van der Waals surface area contributed by atoms with Gasteiger partial charge in [-0.15, -0.1) is 0 Å². The quantitative estimate of drug-likeness (QED) is 0.854. The van der Waals surface area contributed by atoms with E-state index >= 15 is 0 Å². The first-order chi connectivity index (χ1) is 9.89. The third-order valence-corrected chi connectivity index (χ3v) is 3.77. The van der Waals surface area contributed by atoms with Crippen LogP contribution in [-0.2, 0) is 23.1 Å². The van der Waals surface area contributed by atoms with Gasteiger partial charge in [-0.05, 0) is 31.2 Å². The second-order valence-corrected chi connectivity index (χ2v) is 6.72. The molecule has 1 aromatic carbocycles. The molecule has 0 fully saturated rings. The van der Waals surface area contributed by atoms with Crippen molar-refractivity contribution in [1.82, 2.24) is 9.78 Å². The average Bonchev–Trinajstić information content (AvgIpc) is 2.85. The summed E-state index contributed by atoms with van der Waals surface area (Å²) in [6, 6.07) is 6.85. The summed E-state index contributed by atoms with van der Waals surface area (Å²) in [5.74, 6) is 0. The first kappa shape index (κ1) is 15.7. The van der Waals surface area contributed by atoms with Crippen molar-refractivity contribution in [3.8, 4) is 0 Å². The molecule has 2 N–H and O–H groups in total. The van der Waals surface area contributed by atoms with Gasteiger partial charge in [-0.2, -0.15) is 5.10 Å². The number of hydrogen-bond acceptors (Lipinski definition) is 4. The van der Waals surface area contributed by atoms with Gasteiger partial charge < -0.3 is 5.32 Å². The molecule has 21 heavy (non-hydrogen) atoms. The molecule has 6 nitrogen and oxygen atoms in total. The van der Waals surface area contributed by atoms with Gasteiger partial charge in [-0.3, -0.25) is 9.40 Å². The minimum Gasteiger partial charge on any atom is -0.378 e. The Bertz CT molecular complexity index is 728. The molecule has 0 atom stereocenters. The maximum absolute atomic E-state index is 11.2. The van der Waals surface area contributed by atoms with E-state index in [1.807, 2.05) is 17.7 Å². The maximum atomic E-state index is 11.2. The molecule has 0 bridgehead atoms. The van der Waals surface area contributed by atoms with Crippen LogP contribution in [0.5, 0.6) is 0 Å². The van der Waals surface area contributed by atoms with Gasteiger partial charge >= 0.3 is 0 Å². The molecule has 0 saturated carbocycles. The van der Waals surface area contributed by atoms with Crippen LogP contribution in [0.1, 0.15) is 12.6 Å². The second-order valence-electron chi connectivity index (χ2n) is 4.56. The molecule has 1 aromatic heterocycles. The highest BCUT2D eigenvalue weighted by Gasteiger charge is 2.07. The van der Waals surface area contributed by atoms with E-state index in [4.69, 9.17) is 11.6 Å². The van der Waals surface area contributed by atoms with Crippen LogP contribution in [0, 0.1) is 0 Å². The molecular formula is C13H17ClN4O2S. The van der Waals surface area contributed by atoms with Crippen LogP contribution in [-0.4, -0.2) is 24.5 Å². The fourth-order valence-corrected chi connectivity index (χ4v) is 2.66. The number of sulfonamides is 1. The van der Waals surface area contributed by atoms with Crippen LogP contribution in [0.4, 0.5) is 11.4 Å². The minimum absolute atomic E-state index is 0.466. The van der Waals surface area contributed by atoms with Crippen LogP contribution in [0.15, 0.2) is 30.5 Å². The van der Waals surface area contributed by atoms with E-state index in [-0.39, 0.29) is 0 Å². The van der Waals surface area contributed by atoms with E-state index in [1.54, 1.807) is 24.4 Å². The zero-order valence-electron chi connectivity index (χ0n) is 11.8. The predicted octanol–water partition coefficient (Wildman–Crippen LogP) is 2.54. The number of aromatic nitrogens is 2. The van der Waals surface area contributed by atoms with Gasteiger partial charge in [0.15, 0.2) is 0 Å². The van der Waals surface area contributed by atoms with Crippen molar-refractivity contribution in [1.29, 1.82) is 0 Å².